The number of nitrogens with zero attached hydrogens (tertiary/aromatic N) is 1. The Labute approximate surface area is 234 Å². The quantitative estimate of drug-likeness (QED) is 0.247. The van der Waals surface area contributed by atoms with Gasteiger partial charge in [-0.2, -0.15) is 0 Å². The Balaban J connectivity index is 1.44. The fourth-order valence-electron chi connectivity index (χ4n) is 5.30. The van der Waals surface area contributed by atoms with E-state index < -0.39 is 6.04 Å². The number of carbonyl (C=O) groups excluding carboxylic acids is 2. The van der Waals surface area contributed by atoms with E-state index in [2.05, 4.69) is 5.32 Å². The fraction of sp³-hybridized carbons (Fsp3) is 0.273. The minimum atomic E-state index is -0.699. The first-order valence-corrected chi connectivity index (χ1v) is 13.9. The molecule has 0 heterocycles. The summed E-state index contributed by atoms with van der Waals surface area (Å²) in [6, 6.07) is 30.4. The van der Waals surface area contributed by atoms with Gasteiger partial charge in [-0.3, -0.25) is 9.59 Å². The molecule has 4 aromatic carbocycles. The van der Waals surface area contributed by atoms with Crippen LogP contribution in [-0.4, -0.2) is 35.4 Å². The van der Waals surface area contributed by atoms with Gasteiger partial charge in [-0.15, -0.1) is 0 Å². The van der Waals surface area contributed by atoms with E-state index in [1.54, 1.807) is 11.0 Å². The molecule has 1 atom stereocenters. The number of hydrogen-bond acceptors (Lipinski definition) is 3. The lowest BCUT2D eigenvalue weighted by molar-refractivity contribution is -0.143. The fourth-order valence-corrected chi connectivity index (χ4v) is 5.51. The van der Waals surface area contributed by atoms with Crippen molar-refractivity contribution >= 4 is 34.2 Å². The van der Waals surface area contributed by atoms with E-state index in [-0.39, 0.29) is 31.0 Å². The molecular formula is C33H33ClN2O3. The van der Waals surface area contributed by atoms with Crippen LogP contribution in [0.2, 0.25) is 5.02 Å². The maximum absolute atomic E-state index is 13.9. The number of fused-ring (bicyclic) bond motifs is 1. The third kappa shape index (κ3) is 6.98. The van der Waals surface area contributed by atoms with Crippen molar-refractivity contribution in [3.05, 3.63) is 113 Å². The van der Waals surface area contributed by atoms with Gasteiger partial charge in [0, 0.05) is 29.4 Å². The molecule has 1 N–H and O–H groups in total. The maximum Gasteiger partial charge on any atom is 0.261 e. The predicted molar refractivity (Wildman–Crippen MR) is 156 cm³/mol. The minimum Gasteiger partial charge on any atom is -0.483 e. The van der Waals surface area contributed by atoms with Crippen molar-refractivity contribution in [1.29, 1.82) is 0 Å². The Morgan fingerprint density at radius 2 is 1.56 bits per heavy atom. The van der Waals surface area contributed by atoms with Gasteiger partial charge in [-0.1, -0.05) is 103 Å². The summed E-state index contributed by atoms with van der Waals surface area (Å²) in [5.74, 6) is 0.246. The molecule has 0 bridgehead atoms. The lowest BCUT2D eigenvalue weighted by atomic mass is 10.0. The van der Waals surface area contributed by atoms with Crippen molar-refractivity contribution in [1.82, 2.24) is 10.2 Å². The summed E-state index contributed by atoms with van der Waals surface area (Å²) >= 11 is 6.28. The molecule has 0 saturated heterocycles. The molecule has 1 fully saturated rings. The highest BCUT2D eigenvalue weighted by molar-refractivity contribution is 6.30. The number of rotatable bonds is 10. The van der Waals surface area contributed by atoms with Crippen LogP contribution in [0.3, 0.4) is 0 Å². The largest absolute Gasteiger partial charge is 0.483 e. The molecule has 0 spiro atoms. The lowest BCUT2D eigenvalue weighted by Crippen LogP contribution is -2.53. The van der Waals surface area contributed by atoms with Gasteiger partial charge in [0.15, 0.2) is 6.61 Å². The molecule has 200 valence electrons. The Kier molecular flexibility index (Phi) is 8.79. The zero-order valence-corrected chi connectivity index (χ0v) is 22.6. The van der Waals surface area contributed by atoms with Crippen LogP contribution in [0.25, 0.3) is 10.8 Å². The van der Waals surface area contributed by atoms with Crippen molar-refractivity contribution in [2.75, 3.05) is 6.61 Å². The summed E-state index contributed by atoms with van der Waals surface area (Å²) in [7, 11) is 0. The molecule has 0 aromatic heterocycles. The molecule has 5 rings (SSSR count). The van der Waals surface area contributed by atoms with Crippen LogP contribution in [0.1, 0.15) is 36.8 Å². The molecule has 1 saturated carbocycles. The summed E-state index contributed by atoms with van der Waals surface area (Å²) < 4.78 is 6.09. The summed E-state index contributed by atoms with van der Waals surface area (Å²) in [5.41, 5.74) is 1.84. The highest BCUT2D eigenvalue weighted by Gasteiger charge is 2.32. The van der Waals surface area contributed by atoms with Crippen molar-refractivity contribution in [3.8, 4) is 5.75 Å². The van der Waals surface area contributed by atoms with Gasteiger partial charge >= 0.3 is 0 Å². The second kappa shape index (κ2) is 12.8. The summed E-state index contributed by atoms with van der Waals surface area (Å²) in [5, 5.41) is 5.79. The molecule has 5 nitrogen and oxygen atoms in total. The predicted octanol–water partition coefficient (Wildman–Crippen LogP) is 6.57. The van der Waals surface area contributed by atoms with Gasteiger partial charge in [-0.05, 0) is 47.6 Å². The van der Waals surface area contributed by atoms with E-state index >= 15 is 0 Å². The Bertz CT molecular complexity index is 1410. The van der Waals surface area contributed by atoms with E-state index in [1.165, 1.54) is 0 Å². The van der Waals surface area contributed by atoms with E-state index in [0.29, 0.717) is 17.2 Å². The number of carbonyl (C=O) groups is 2. The van der Waals surface area contributed by atoms with Crippen molar-refractivity contribution < 1.29 is 14.3 Å². The average molecular weight is 541 g/mol. The highest BCUT2D eigenvalue weighted by atomic mass is 35.5. The first-order valence-electron chi connectivity index (χ1n) is 13.6. The number of hydrogen-bond donors (Lipinski definition) is 1. The molecule has 2 amide bonds. The van der Waals surface area contributed by atoms with Crippen molar-refractivity contribution in [2.45, 2.75) is 50.7 Å². The van der Waals surface area contributed by atoms with Gasteiger partial charge in [0.25, 0.3) is 5.91 Å². The van der Waals surface area contributed by atoms with E-state index in [9.17, 15) is 9.59 Å². The van der Waals surface area contributed by atoms with Gasteiger partial charge in [0.2, 0.25) is 5.91 Å². The van der Waals surface area contributed by atoms with Crippen LogP contribution in [-0.2, 0) is 22.6 Å². The lowest BCUT2D eigenvalue weighted by Gasteiger charge is -2.32. The van der Waals surface area contributed by atoms with Crippen LogP contribution in [0, 0.1) is 0 Å². The Morgan fingerprint density at radius 3 is 2.36 bits per heavy atom. The van der Waals surface area contributed by atoms with E-state index in [0.717, 1.165) is 47.6 Å². The molecule has 1 aliphatic carbocycles. The zero-order chi connectivity index (χ0) is 27.0. The summed E-state index contributed by atoms with van der Waals surface area (Å²) in [6.07, 6.45) is 4.56. The van der Waals surface area contributed by atoms with Gasteiger partial charge < -0.3 is 15.0 Å². The maximum atomic E-state index is 13.9. The van der Waals surface area contributed by atoms with Crippen LogP contribution < -0.4 is 10.1 Å². The highest BCUT2D eigenvalue weighted by Crippen LogP contribution is 2.26. The van der Waals surface area contributed by atoms with Crippen LogP contribution in [0.15, 0.2) is 97.1 Å². The number of amides is 2. The number of halogens is 1. The van der Waals surface area contributed by atoms with Crippen LogP contribution in [0.5, 0.6) is 5.75 Å². The minimum absolute atomic E-state index is 0.133. The smallest absolute Gasteiger partial charge is 0.261 e. The molecule has 0 radical (unpaired) electrons. The molecule has 0 aliphatic heterocycles. The third-order valence-electron chi connectivity index (χ3n) is 7.32. The topological polar surface area (TPSA) is 58.6 Å². The number of benzene rings is 4. The Morgan fingerprint density at radius 1 is 0.872 bits per heavy atom. The molecule has 4 aromatic rings. The monoisotopic (exact) mass is 540 g/mol. The molecule has 1 aliphatic rings. The van der Waals surface area contributed by atoms with E-state index in [4.69, 9.17) is 16.3 Å². The number of nitrogens with one attached hydrogen (secondary N) is 1. The molecule has 0 unspecified atom stereocenters. The van der Waals surface area contributed by atoms with Crippen molar-refractivity contribution in [3.63, 3.8) is 0 Å². The molecule has 39 heavy (non-hydrogen) atoms. The third-order valence-corrected chi connectivity index (χ3v) is 7.55. The normalized spacial score (nSPS) is 14.2. The second-order valence-electron chi connectivity index (χ2n) is 10.1. The number of ether oxygens (including phenoxy) is 1. The van der Waals surface area contributed by atoms with Gasteiger partial charge in [-0.25, -0.2) is 0 Å². The van der Waals surface area contributed by atoms with Gasteiger partial charge in [0.05, 0.1) is 0 Å². The van der Waals surface area contributed by atoms with Crippen LogP contribution >= 0.6 is 11.6 Å². The average Bonchev–Trinajstić information content (AvgIpc) is 3.47. The standard InChI is InChI=1S/C33H33ClN2O3/c34-27-15-8-12-25(20-27)22-36(32(37)23-39-31-19-9-14-26-13-4-7-18-29(26)31)30(21-24-10-2-1-3-11-24)33(38)35-28-16-5-6-17-28/h1-4,7-15,18-20,28,30H,5-6,16-17,21-23H2,(H,35,38)/t30-/m1/s1. The Hall–Kier alpha value is -3.83. The van der Waals surface area contributed by atoms with Crippen molar-refractivity contribution in [2.24, 2.45) is 0 Å². The second-order valence-corrected chi connectivity index (χ2v) is 10.5. The van der Waals surface area contributed by atoms with Gasteiger partial charge in [0.1, 0.15) is 11.8 Å². The molecular weight excluding hydrogens is 508 g/mol. The summed E-state index contributed by atoms with van der Waals surface area (Å²) in [4.78, 5) is 29.3. The summed E-state index contributed by atoms with van der Waals surface area (Å²) in [6.45, 7) is 0.0600. The first kappa shape index (κ1) is 26.8. The first-order chi connectivity index (χ1) is 19.1. The SMILES string of the molecule is O=C(NC1CCCC1)[C@@H](Cc1ccccc1)N(Cc1cccc(Cl)c1)C(=O)COc1cccc2ccccc12. The zero-order valence-electron chi connectivity index (χ0n) is 21.9. The van der Waals surface area contributed by atoms with Crippen LogP contribution in [0.4, 0.5) is 0 Å². The molecule has 6 heteroatoms. The van der Waals surface area contributed by atoms with E-state index in [1.807, 2.05) is 91.0 Å².